The lowest BCUT2D eigenvalue weighted by Gasteiger charge is -2.38. The summed E-state index contributed by atoms with van der Waals surface area (Å²) in [4.78, 5) is 16.2. The predicted molar refractivity (Wildman–Crippen MR) is 133 cm³/mol. The zero-order valence-corrected chi connectivity index (χ0v) is 20.5. The average molecular weight is 487 g/mol. The molecular weight excluding hydrogens is 452 g/mol. The fraction of sp³-hybridized carbons (Fsp3) is 0.519. The van der Waals surface area contributed by atoms with E-state index in [0.29, 0.717) is 36.6 Å². The second-order valence-electron chi connectivity index (χ2n) is 9.43. The van der Waals surface area contributed by atoms with Crippen LogP contribution in [0.3, 0.4) is 0 Å². The number of carbonyl (C=O) groups is 1. The zero-order valence-electron chi connectivity index (χ0n) is 19.8. The molecule has 0 bridgehead atoms. The molecule has 184 valence electrons. The molecule has 0 radical (unpaired) electrons. The van der Waals surface area contributed by atoms with Crippen LogP contribution in [0.15, 0.2) is 48.5 Å². The van der Waals surface area contributed by atoms with Gasteiger partial charge in [0.1, 0.15) is 23.7 Å². The number of halogens is 1. The van der Waals surface area contributed by atoms with Crippen LogP contribution in [0.1, 0.15) is 44.1 Å². The Morgan fingerprint density at radius 3 is 2.50 bits per heavy atom. The quantitative estimate of drug-likeness (QED) is 0.500. The smallest absolute Gasteiger partial charge is 0.222 e. The summed E-state index contributed by atoms with van der Waals surface area (Å²) in [7, 11) is 0. The van der Waals surface area contributed by atoms with Crippen LogP contribution in [0.5, 0.6) is 11.5 Å². The van der Waals surface area contributed by atoms with Crippen molar-refractivity contribution in [2.45, 2.75) is 50.7 Å². The lowest BCUT2D eigenvalue weighted by atomic mass is 9.92. The molecule has 2 aliphatic rings. The van der Waals surface area contributed by atoms with Gasteiger partial charge in [-0.2, -0.15) is 0 Å². The molecule has 2 saturated heterocycles. The van der Waals surface area contributed by atoms with Gasteiger partial charge in [-0.05, 0) is 68.0 Å². The molecular formula is C27H35ClN2O4. The Balaban J connectivity index is 1.14. The third-order valence-electron chi connectivity index (χ3n) is 6.68. The van der Waals surface area contributed by atoms with Gasteiger partial charge in [0.15, 0.2) is 0 Å². The maximum atomic E-state index is 11.9. The molecule has 4 rings (SSSR count). The summed E-state index contributed by atoms with van der Waals surface area (Å²) in [5.74, 6) is 1.82. The van der Waals surface area contributed by atoms with E-state index in [-0.39, 0.29) is 12.5 Å². The molecule has 0 aromatic heterocycles. The minimum absolute atomic E-state index is 0.277. The molecule has 0 saturated carbocycles. The van der Waals surface area contributed by atoms with Crippen molar-refractivity contribution in [2.75, 3.05) is 39.4 Å². The molecule has 0 atom stereocenters. The minimum Gasteiger partial charge on any atom is -0.494 e. The molecule has 0 aliphatic carbocycles. The molecule has 6 nitrogen and oxygen atoms in total. The molecule has 34 heavy (non-hydrogen) atoms. The van der Waals surface area contributed by atoms with Gasteiger partial charge in [-0.15, -0.1) is 0 Å². The Hall–Kier alpha value is -2.28. The van der Waals surface area contributed by atoms with Gasteiger partial charge in [0.05, 0.1) is 6.61 Å². The first kappa shape index (κ1) is 24.8. The summed E-state index contributed by atoms with van der Waals surface area (Å²) in [6, 6.07) is 15.5. The minimum atomic E-state index is -0.810. The molecule has 0 unspecified atom stereocenters. The first-order chi connectivity index (χ1) is 16.5. The van der Waals surface area contributed by atoms with Crippen LogP contribution in [-0.2, 0) is 11.3 Å². The number of nitrogens with zero attached hydrogens (tertiary/aromatic N) is 2. The van der Waals surface area contributed by atoms with Gasteiger partial charge in [0.2, 0.25) is 5.91 Å². The maximum Gasteiger partial charge on any atom is 0.222 e. The lowest BCUT2D eigenvalue weighted by Crippen LogP contribution is -2.47. The third-order valence-corrected chi connectivity index (χ3v) is 6.92. The van der Waals surface area contributed by atoms with Crippen LogP contribution >= 0.6 is 11.6 Å². The fourth-order valence-corrected chi connectivity index (χ4v) is 4.72. The van der Waals surface area contributed by atoms with Crippen LogP contribution in [0.4, 0.5) is 0 Å². The van der Waals surface area contributed by atoms with Gasteiger partial charge >= 0.3 is 0 Å². The van der Waals surface area contributed by atoms with Crippen LogP contribution in [0, 0.1) is 0 Å². The fourth-order valence-electron chi connectivity index (χ4n) is 4.54. The number of rotatable bonds is 10. The summed E-state index contributed by atoms with van der Waals surface area (Å²) >= 11 is 6.00. The first-order valence-electron chi connectivity index (χ1n) is 12.3. The van der Waals surface area contributed by atoms with Crippen molar-refractivity contribution in [1.29, 1.82) is 0 Å². The highest BCUT2D eigenvalue weighted by Gasteiger charge is 2.33. The van der Waals surface area contributed by atoms with E-state index in [9.17, 15) is 9.90 Å². The molecule has 0 spiro atoms. The predicted octanol–water partition coefficient (Wildman–Crippen LogP) is 4.53. The van der Waals surface area contributed by atoms with Crippen molar-refractivity contribution in [3.8, 4) is 11.5 Å². The highest BCUT2D eigenvalue weighted by Crippen LogP contribution is 2.26. The largest absolute Gasteiger partial charge is 0.494 e. The lowest BCUT2D eigenvalue weighted by molar-refractivity contribution is -0.133. The average Bonchev–Trinajstić information content (AvgIpc) is 2.84. The van der Waals surface area contributed by atoms with Gasteiger partial charge in [0.25, 0.3) is 0 Å². The molecule has 2 aromatic carbocycles. The van der Waals surface area contributed by atoms with Gasteiger partial charge in [-0.1, -0.05) is 29.8 Å². The van der Waals surface area contributed by atoms with Gasteiger partial charge in [-0.25, -0.2) is 0 Å². The number of piperidine rings is 2. The van der Waals surface area contributed by atoms with E-state index in [1.165, 1.54) is 5.56 Å². The van der Waals surface area contributed by atoms with Gasteiger partial charge in [0, 0.05) is 44.2 Å². The molecule has 2 fully saturated rings. The number of ether oxygens (including phenoxy) is 2. The molecule has 1 N–H and O–H groups in total. The van der Waals surface area contributed by atoms with E-state index in [1.807, 2.05) is 29.2 Å². The molecule has 2 heterocycles. The van der Waals surface area contributed by atoms with Crippen molar-refractivity contribution in [1.82, 2.24) is 9.80 Å². The van der Waals surface area contributed by atoms with Crippen molar-refractivity contribution in [2.24, 2.45) is 0 Å². The number of aliphatic hydroxyl groups is 1. The molecule has 7 heteroatoms. The Labute approximate surface area is 207 Å². The van der Waals surface area contributed by atoms with E-state index in [2.05, 4.69) is 17.0 Å². The Morgan fingerprint density at radius 1 is 0.971 bits per heavy atom. The van der Waals surface area contributed by atoms with E-state index in [0.717, 1.165) is 57.7 Å². The van der Waals surface area contributed by atoms with E-state index < -0.39 is 5.60 Å². The summed E-state index contributed by atoms with van der Waals surface area (Å²) in [6.07, 6.45) is 5.03. The number of likely N-dealkylation sites (tertiary alicyclic amines) is 2. The van der Waals surface area contributed by atoms with E-state index >= 15 is 0 Å². The van der Waals surface area contributed by atoms with Crippen LogP contribution in [0.25, 0.3) is 0 Å². The number of hydrogen-bond donors (Lipinski definition) is 1. The summed E-state index contributed by atoms with van der Waals surface area (Å²) in [6.45, 7) is 5.05. The highest BCUT2D eigenvalue weighted by atomic mass is 35.5. The summed E-state index contributed by atoms with van der Waals surface area (Å²) in [5, 5.41) is 11.5. The standard InChI is InChI=1S/C27H35ClN2O4/c28-23-5-3-6-25(19-23)34-21-27(32)12-16-29(17-13-27)20-22-8-10-24(11-9-22)33-18-4-15-30-14-2-1-7-26(30)31/h3,5-6,8-11,19,32H,1-2,4,7,12-18,20-21H2. The topological polar surface area (TPSA) is 62.2 Å². The first-order valence-corrected chi connectivity index (χ1v) is 12.7. The van der Waals surface area contributed by atoms with Gasteiger partial charge < -0.3 is 19.5 Å². The Bertz CT molecular complexity index is 928. The molecule has 1 amide bonds. The van der Waals surface area contributed by atoms with Crippen molar-refractivity contribution in [3.05, 3.63) is 59.1 Å². The molecule has 2 aliphatic heterocycles. The number of carbonyl (C=O) groups excluding carboxylic acids is 1. The normalized spacial score (nSPS) is 18.6. The summed E-state index contributed by atoms with van der Waals surface area (Å²) < 4.78 is 11.7. The van der Waals surface area contributed by atoms with Crippen LogP contribution in [-0.4, -0.2) is 65.8 Å². The van der Waals surface area contributed by atoms with Crippen molar-refractivity contribution < 1.29 is 19.4 Å². The monoisotopic (exact) mass is 486 g/mol. The third kappa shape index (κ3) is 7.36. The van der Waals surface area contributed by atoms with Crippen LogP contribution in [0.2, 0.25) is 5.02 Å². The Morgan fingerprint density at radius 2 is 1.76 bits per heavy atom. The Kier molecular flexibility index (Phi) is 8.70. The number of benzene rings is 2. The number of hydrogen-bond acceptors (Lipinski definition) is 5. The zero-order chi connectivity index (χ0) is 23.8. The number of amides is 1. The van der Waals surface area contributed by atoms with Crippen LogP contribution < -0.4 is 9.47 Å². The second kappa shape index (κ2) is 11.9. The maximum absolute atomic E-state index is 11.9. The van der Waals surface area contributed by atoms with E-state index in [1.54, 1.807) is 12.1 Å². The van der Waals surface area contributed by atoms with E-state index in [4.69, 9.17) is 21.1 Å². The summed E-state index contributed by atoms with van der Waals surface area (Å²) in [5.41, 5.74) is 0.418. The van der Waals surface area contributed by atoms with Crippen molar-refractivity contribution in [3.63, 3.8) is 0 Å². The molecule has 2 aromatic rings. The second-order valence-corrected chi connectivity index (χ2v) is 9.87. The highest BCUT2D eigenvalue weighted by molar-refractivity contribution is 6.30. The van der Waals surface area contributed by atoms with Gasteiger partial charge in [-0.3, -0.25) is 9.69 Å². The van der Waals surface area contributed by atoms with Crippen molar-refractivity contribution >= 4 is 17.5 Å². The SMILES string of the molecule is O=C1CCCCN1CCCOc1ccc(CN2CCC(O)(COc3cccc(Cl)c3)CC2)cc1.